The van der Waals surface area contributed by atoms with Gasteiger partial charge in [-0.1, -0.05) is 11.8 Å². The number of methoxy groups -OCH3 is 1. The van der Waals surface area contributed by atoms with E-state index in [9.17, 15) is 19.3 Å². The molecule has 1 rings (SSSR count). The molecule has 0 aliphatic carbocycles. The smallest absolute Gasteiger partial charge is 0.344 e. The van der Waals surface area contributed by atoms with E-state index in [1.165, 1.54) is 0 Å². The van der Waals surface area contributed by atoms with Crippen LogP contribution in [0.2, 0.25) is 0 Å². The third-order valence-electron chi connectivity index (χ3n) is 2.01. The van der Waals surface area contributed by atoms with Crippen LogP contribution in [-0.4, -0.2) is 24.5 Å². The summed E-state index contributed by atoms with van der Waals surface area (Å²) < 4.78 is 17.9. The molecular formula is C11H9FN2O4. The average molecular weight is 252 g/mol. The highest BCUT2D eigenvalue weighted by atomic mass is 19.1. The molecule has 0 saturated heterocycles. The van der Waals surface area contributed by atoms with Crippen LogP contribution in [-0.2, 0) is 4.74 Å². The van der Waals surface area contributed by atoms with Gasteiger partial charge in [-0.25, -0.2) is 9.18 Å². The molecule has 0 aromatic heterocycles. The standard InChI is InChI=1S/C11H9FN2O4/c1-18-11(15)8-6-9(12)7(3-2-4-13)5-10(8)14(16)17/h5-6H,4,13H2,1H3. The summed E-state index contributed by atoms with van der Waals surface area (Å²) in [6.45, 7) is -0.00795. The van der Waals surface area contributed by atoms with E-state index in [-0.39, 0.29) is 12.1 Å². The number of nitrogens with two attached hydrogens (primary N) is 1. The average Bonchev–Trinajstić information content (AvgIpc) is 2.35. The van der Waals surface area contributed by atoms with Gasteiger partial charge in [0.25, 0.3) is 5.69 Å². The minimum absolute atomic E-state index is 0.00795. The fourth-order valence-electron chi connectivity index (χ4n) is 1.23. The van der Waals surface area contributed by atoms with Gasteiger partial charge in [-0.2, -0.15) is 0 Å². The van der Waals surface area contributed by atoms with Crippen LogP contribution in [0.3, 0.4) is 0 Å². The first-order valence-electron chi connectivity index (χ1n) is 4.76. The van der Waals surface area contributed by atoms with Crippen molar-refractivity contribution in [3.63, 3.8) is 0 Å². The number of rotatable bonds is 2. The van der Waals surface area contributed by atoms with E-state index in [2.05, 4.69) is 16.6 Å². The molecule has 18 heavy (non-hydrogen) atoms. The van der Waals surface area contributed by atoms with Gasteiger partial charge in [0.1, 0.15) is 11.4 Å². The molecule has 1 aromatic rings. The number of esters is 1. The third-order valence-corrected chi connectivity index (χ3v) is 2.01. The summed E-state index contributed by atoms with van der Waals surface area (Å²) in [5, 5.41) is 10.8. The van der Waals surface area contributed by atoms with Gasteiger partial charge in [-0.3, -0.25) is 10.1 Å². The first kappa shape index (κ1) is 13.6. The largest absolute Gasteiger partial charge is 0.465 e. The molecule has 0 fully saturated rings. The Morgan fingerprint density at radius 2 is 2.28 bits per heavy atom. The molecule has 0 bridgehead atoms. The Bertz CT molecular complexity index is 560. The lowest BCUT2D eigenvalue weighted by molar-refractivity contribution is -0.385. The molecule has 0 aliphatic heterocycles. The normalized spacial score (nSPS) is 9.28. The maximum absolute atomic E-state index is 13.5. The van der Waals surface area contributed by atoms with Crippen molar-refractivity contribution in [2.24, 2.45) is 5.73 Å². The number of hydrogen-bond acceptors (Lipinski definition) is 5. The van der Waals surface area contributed by atoms with Crippen molar-refractivity contribution in [1.29, 1.82) is 0 Å². The molecule has 0 spiro atoms. The Hall–Kier alpha value is -2.46. The number of nitro groups is 1. The quantitative estimate of drug-likeness (QED) is 0.364. The van der Waals surface area contributed by atoms with Crippen LogP contribution in [0.1, 0.15) is 15.9 Å². The van der Waals surface area contributed by atoms with E-state index < -0.39 is 28.0 Å². The fourth-order valence-corrected chi connectivity index (χ4v) is 1.23. The third kappa shape index (κ3) is 2.81. The van der Waals surface area contributed by atoms with Crippen LogP contribution in [0.5, 0.6) is 0 Å². The molecule has 0 heterocycles. The highest BCUT2D eigenvalue weighted by Crippen LogP contribution is 2.23. The number of ether oxygens (including phenoxy) is 1. The highest BCUT2D eigenvalue weighted by Gasteiger charge is 2.23. The number of halogens is 1. The van der Waals surface area contributed by atoms with Crippen LogP contribution in [0.15, 0.2) is 12.1 Å². The van der Waals surface area contributed by atoms with Crippen molar-refractivity contribution < 1.29 is 18.8 Å². The molecule has 7 heteroatoms. The SMILES string of the molecule is COC(=O)c1cc(F)c(C#CCN)cc1[N+](=O)[O-]. The molecule has 94 valence electrons. The Balaban J connectivity index is 3.43. The number of carbonyl (C=O) groups excluding carboxylic acids is 1. The van der Waals surface area contributed by atoms with Gasteiger partial charge < -0.3 is 10.5 Å². The van der Waals surface area contributed by atoms with Crippen LogP contribution < -0.4 is 5.73 Å². The summed E-state index contributed by atoms with van der Waals surface area (Å²) in [7, 11) is 1.05. The molecule has 0 atom stereocenters. The van der Waals surface area contributed by atoms with Gasteiger partial charge in [0.2, 0.25) is 0 Å². The molecule has 0 amide bonds. The Morgan fingerprint density at radius 3 is 2.78 bits per heavy atom. The fraction of sp³-hybridized carbons (Fsp3) is 0.182. The van der Waals surface area contributed by atoms with Crippen molar-refractivity contribution in [2.45, 2.75) is 0 Å². The molecule has 0 radical (unpaired) electrons. The van der Waals surface area contributed by atoms with E-state index in [1.54, 1.807) is 0 Å². The Kier molecular flexibility index (Phi) is 4.34. The van der Waals surface area contributed by atoms with E-state index in [0.717, 1.165) is 19.2 Å². The van der Waals surface area contributed by atoms with E-state index in [0.29, 0.717) is 0 Å². The monoisotopic (exact) mass is 252 g/mol. The number of nitro benzene ring substituents is 1. The number of nitrogens with zero attached hydrogens (tertiary/aromatic N) is 1. The Morgan fingerprint density at radius 1 is 1.61 bits per heavy atom. The summed E-state index contributed by atoms with van der Waals surface area (Å²) >= 11 is 0. The first-order valence-corrected chi connectivity index (χ1v) is 4.76. The maximum Gasteiger partial charge on any atom is 0.344 e. The van der Waals surface area contributed by atoms with Crippen LogP contribution in [0.4, 0.5) is 10.1 Å². The lowest BCUT2D eigenvalue weighted by Crippen LogP contribution is -2.07. The van der Waals surface area contributed by atoms with Crippen molar-refractivity contribution in [1.82, 2.24) is 0 Å². The molecule has 1 aromatic carbocycles. The number of carbonyl (C=O) groups is 1. The van der Waals surface area contributed by atoms with Gasteiger partial charge in [-0.05, 0) is 6.07 Å². The molecular weight excluding hydrogens is 243 g/mol. The minimum atomic E-state index is -0.987. The molecule has 0 aliphatic rings. The second-order valence-electron chi connectivity index (χ2n) is 3.10. The summed E-state index contributed by atoms with van der Waals surface area (Å²) in [6.07, 6.45) is 0. The molecule has 2 N–H and O–H groups in total. The first-order chi connectivity index (χ1) is 8.51. The van der Waals surface area contributed by atoms with Crippen molar-refractivity contribution in [2.75, 3.05) is 13.7 Å². The maximum atomic E-state index is 13.5. The van der Waals surface area contributed by atoms with Gasteiger partial charge in [0.15, 0.2) is 0 Å². The lowest BCUT2D eigenvalue weighted by Gasteiger charge is -2.02. The zero-order valence-electron chi connectivity index (χ0n) is 9.40. The van der Waals surface area contributed by atoms with Gasteiger partial charge in [0.05, 0.1) is 24.1 Å². The van der Waals surface area contributed by atoms with E-state index in [4.69, 9.17) is 5.73 Å². The molecule has 6 nitrogen and oxygen atoms in total. The number of hydrogen-bond donors (Lipinski definition) is 1. The van der Waals surface area contributed by atoms with Gasteiger partial charge >= 0.3 is 5.97 Å². The zero-order valence-corrected chi connectivity index (χ0v) is 9.40. The second-order valence-corrected chi connectivity index (χ2v) is 3.10. The summed E-state index contributed by atoms with van der Waals surface area (Å²) in [5.74, 6) is 2.89. The van der Waals surface area contributed by atoms with Crippen LogP contribution in [0.25, 0.3) is 0 Å². The zero-order chi connectivity index (χ0) is 13.7. The van der Waals surface area contributed by atoms with E-state index in [1.807, 2.05) is 0 Å². The predicted octanol–water partition coefficient (Wildman–Crippen LogP) is 0.831. The lowest BCUT2D eigenvalue weighted by atomic mass is 10.1. The van der Waals surface area contributed by atoms with Gasteiger partial charge in [-0.15, -0.1) is 0 Å². The Labute approximate surface area is 102 Å². The summed E-state index contributed by atoms with van der Waals surface area (Å²) in [6, 6.07) is 1.61. The van der Waals surface area contributed by atoms with Crippen LogP contribution in [0, 0.1) is 27.8 Å². The van der Waals surface area contributed by atoms with Crippen molar-refractivity contribution in [3.8, 4) is 11.8 Å². The number of benzene rings is 1. The highest BCUT2D eigenvalue weighted by molar-refractivity contribution is 5.94. The summed E-state index contributed by atoms with van der Waals surface area (Å²) in [5.41, 5.74) is 3.90. The van der Waals surface area contributed by atoms with Crippen LogP contribution >= 0.6 is 0 Å². The second kappa shape index (κ2) is 5.75. The minimum Gasteiger partial charge on any atom is -0.465 e. The predicted molar refractivity (Wildman–Crippen MR) is 60.3 cm³/mol. The van der Waals surface area contributed by atoms with E-state index >= 15 is 0 Å². The molecule has 0 unspecified atom stereocenters. The van der Waals surface area contributed by atoms with Crippen molar-refractivity contribution in [3.05, 3.63) is 39.2 Å². The summed E-state index contributed by atoms with van der Waals surface area (Å²) in [4.78, 5) is 21.2. The van der Waals surface area contributed by atoms with Crippen molar-refractivity contribution >= 4 is 11.7 Å². The molecule has 0 saturated carbocycles. The topological polar surface area (TPSA) is 95.5 Å². The van der Waals surface area contributed by atoms with Gasteiger partial charge in [0, 0.05) is 6.07 Å².